The quantitative estimate of drug-likeness (QED) is 0.918. The molecule has 0 aliphatic heterocycles. The second-order valence-corrected chi connectivity index (χ2v) is 3.96. The molecule has 1 aromatic heterocycles. The number of methoxy groups -OCH3 is 2. The van der Waals surface area contributed by atoms with Crippen LogP contribution in [0.25, 0.3) is 0 Å². The summed E-state index contributed by atoms with van der Waals surface area (Å²) in [4.78, 5) is 4.19. The van der Waals surface area contributed by atoms with Gasteiger partial charge >= 0.3 is 0 Å². The predicted octanol–water partition coefficient (Wildman–Crippen LogP) is 2.29. The molecule has 19 heavy (non-hydrogen) atoms. The molecule has 0 radical (unpaired) electrons. The Morgan fingerprint density at radius 2 is 1.89 bits per heavy atom. The Balaban J connectivity index is 2.38. The summed E-state index contributed by atoms with van der Waals surface area (Å²) in [5.41, 5.74) is 7.27. The third-order valence-corrected chi connectivity index (χ3v) is 2.85. The molecule has 0 spiro atoms. The zero-order chi connectivity index (χ0) is 13.8. The van der Waals surface area contributed by atoms with Crippen molar-refractivity contribution < 1.29 is 13.9 Å². The van der Waals surface area contributed by atoms with Gasteiger partial charge in [-0.1, -0.05) is 6.07 Å². The zero-order valence-electron chi connectivity index (χ0n) is 10.8. The lowest BCUT2D eigenvalue weighted by atomic mass is 10.0. The van der Waals surface area contributed by atoms with Crippen LogP contribution in [0.3, 0.4) is 0 Å². The third-order valence-electron chi connectivity index (χ3n) is 2.85. The second kappa shape index (κ2) is 5.67. The Kier molecular flexibility index (Phi) is 3.97. The van der Waals surface area contributed by atoms with E-state index in [2.05, 4.69) is 4.98 Å². The van der Waals surface area contributed by atoms with Gasteiger partial charge in [0, 0.05) is 6.20 Å². The van der Waals surface area contributed by atoms with Gasteiger partial charge in [0.05, 0.1) is 20.3 Å². The maximum atomic E-state index is 13.7. The highest BCUT2D eigenvalue weighted by Gasteiger charge is 2.16. The van der Waals surface area contributed by atoms with Crippen molar-refractivity contribution >= 4 is 0 Å². The molecule has 5 heteroatoms. The molecule has 1 unspecified atom stereocenters. The van der Waals surface area contributed by atoms with Gasteiger partial charge in [0.1, 0.15) is 11.4 Å². The van der Waals surface area contributed by atoms with Gasteiger partial charge in [-0.2, -0.15) is 0 Å². The van der Waals surface area contributed by atoms with Gasteiger partial charge in [-0.3, -0.25) is 4.98 Å². The lowest BCUT2D eigenvalue weighted by Gasteiger charge is -2.15. The van der Waals surface area contributed by atoms with Crippen LogP contribution in [0, 0.1) is 5.82 Å². The number of benzene rings is 1. The van der Waals surface area contributed by atoms with Crippen molar-refractivity contribution in [2.75, 3.05) is 14.2 Å². The fourth-order valence-corrected chi connectivity index (χ4v) is 1.84. The summed E-state index contributed by atoms with van der Waals surface area (Å²) in [6.45, 7) is 0. The summed E-state index contributed by atoms with van der Waals surface area (Å²) in [6, 6.07) is 7.56. The van der Waals surface area contributed by atoms with Crippen molar-refractivity contribution in [1.82, 2.24) is 4.98 Å². The summed E-state index contributed by atoms with van der Waals surface area (Å²) >= 11 is 0. The average molecular weight is 262 g/mol. The van der Waals surface area contributed by atoms with E-state index in [1.165, 1.54) is 13.2 Å². The van der Waals surface area contributed by atoms with Gasteiger partial charge < -0.3 is 15.2 Å². The van der Waals surface area contributed by atoms with Crippen molar-refractivity contribution in [3.63, 3.8) is 0 Å². The lowest BCUT2D eigenvalue weighted by molar-refractivity contribution is 0.385. The molecule has 2 rings (SSSR count). The molecular weight excluding hydrogens is 247 g/mol. The van der Waals surface area contributed by atoms with E-state index in [1.54, 1.807) is 37.6 Å². The van der Waals surface area contributed by atoms with Crippen LogP contribution in [0.4, 0.5) is 4.39 Å². The molecule has 1 aromatic carbocycles. The Hall–Kier alpha value is -2.14. The van der Waals surface area contributed by atoms with Crippen LogP contribution >= 0.6 is 0 Å². The minimum Gasteiger partial charge on any atom is -0.495 e. The number of ether oxygens (including phenoxy) is 2. The van der Waals surface area contributed by atoms with E-state index in [4.69, 9.17) is 15.2 Å². The van der Waals surface area contributed by atoms with Crippen molar-refractivity contribution in [2.24, 2.45) is 5.73 Å². The minimum atomic E-state index is -0.559. The average Bonchev–Trinajstić information content (AvgIpc) is 2.46. The van der Waals surface area contributed by atoms with Gasteiger partial charge in [0.25, 0.3) is 0 Å². The van der Waals surface area contributed by atoms with Crippen LogP contribution in [0.5, 0.6) is 11.5 Å². The number of nitrogens with two attached hydrogens (primary N) is 1. The first-order valence-electron chi connectivity index (χ1n) is 5.75. The monoisotopic (exact) mass is 262 g/mol. The first-order chi connectivity index (χ1) is 9.17. The Morgan fingerprint density at radius 3 is 2.53 bits per heavy atom. The molecule has 0 fully saturated rings. The molecule has 100 valence electrons. The van der Waals surface area contributed by atoms with E-state index in [0.29, 0.717) is 17.0 Å². The molecule has 0 amide bonds. The smallest absolute Gasteiger partial charge is 0.165 e. The standard InChI is InChI=1S/C14H15FN2O2/c1-18-11-6-5-9(8-10(11)15)13(16)14-12(19-2)4-3-7-17-14/h3-8,13H,16H2,1-2H3. The van der Waals surface area contributed by atoms with Crippen LogP contribution in [0.2, 0.25) is 0 Å². The maximum absolute atomic E-state index is 13.7. The number of hydrogen-bond donors (Lipinski definition) is 1. The molecule has 4 nitrogen and oxygen atoms in total. The summed E-state index contributed by atoms with van der Waals surface area (Å²) in [5.74, 6) is 0.306. The normalized spacial score (nSPS) is 12.0. The van der Waals surface area contributed by atoms with Crippen LogP contribution in [-0.2, 0) is 0 Å². The zero-order valence-corrected chi connectivity index (χ0v) is 10.8. The Bertz CT molecular complexity index is 575. The largest absolute Gasteiger partial charge is 0.495 e. The maximum Gasteiger partial charge on any atom is 0.165 e. The number of rotatable bonds is 4. The molecule has 2 N–H and O–H groups in total. The number of nitrogens with zero attached hydrogens (tertiary/aromatic N) is 1. The highest BCUT2D eigenvalue weighted by atomic mass is 19.1. The molecule has 0 saturated heterocycles. The van der Waals surface area contributed by atoms with Crippen molar-refractivity contribution in [3.05, 3.63) is 53.6 Å². The fourth-order valence-electron chi connectivity index (χ4n) is 1.84. The molecule has 0 bridgehead atoms. The van der Waals surface area contributed by atoms with Gasteiger partial charge in [-0.25, -0.2) is 4.39 Å². The van der Waals surface area contributed by atoms with Crippen molar-refractivity contribution in [1.29, 1.82) is 0 Å². The highest BCUT2D eigenvalue weighted by Crippen LogP contribution is 2.28. The summed E-state index contributed by atoms with van der Waals surface area (Å²) in [7, 11) is 2.96. The van der Waals surface area contributed by atoms with E-state index < -0.39 is 11.9 Å². The number of halogens is 1. The van der Waals surface area contributed by atoms with Crippen molar-refractivity contribution in [2.45, 2.75) is 6.04 Å². The third kappa shape index (κ3) is 2.66. The Labute approximate surface area is 111 Å². The highest BCUT2D eigenvalue weighted by molar-refractivity contribution is 5.39. The van der Waals surface area contributed by atoms with Crippen LogP contribution in [0.1, 0.15) is 17.3 Å². The van der Waals surface area contributed by atoms with Crippen LogP contribution in [0.15, 0.2) is 36.5 Å². The van der Waals surface area contributed by atoms with Crippen LogP contribution in [-0.4, -0.2) is 19.2 Å². The van der Waals surface area contributed by atoms with Gasteiger partial charge in [0.2, 0.25) is 0 Å². The van der Waals surface area contributed by atoms with E-state index in [1.807, 2.05) is 0 Å². The van der Waals surface area contributed by atoms with E-state index in [9.17, 15) is 4.39 Å². The molecule has 0 aliphatic carbocycles. The molecule has 1 atom stereocenters. The lowest BCUT2D eigenvalue weighted by Crippen LogP contribution is -2.15. The van der Waals surface area contributed by atoms with Gasteiger partial charge in [0.15, 0.2) is 11.6 Å². The molecule has 1 heterocycles. The summed E-state index contributed by atoms with van der Waals surface area (Å²) in [6.07, 6.45) is 1.62. The fraction of sp³-hybridized carbons (Fsp3) is 0.214. The predicted molar refractivity (Wildman–Crippen MR) is 69.8 cm³/mol. The van der Waals surface area contributed by atoms with E-state index in [0.717, 1.165) is 0 Å². The first-order valence-corrected chi connectivity index (χ1v) is 5.75. The van der Waals surface area contributed by atoms with Gasteiger partial charge in [-0.15, -0.1) is 0 Å². The number of pyridine rings is 1. The topological polar surface area (TPSA) is 57.4 Å². The van der Waals surface area contributed by atoms with Crippen LogP contribution < -0.4 is 15.2 Å². The number of hydrogen-bond acceptors (Lipinski definition) is 4. The van der Waals surface area contributed by atoms with Crippen molar-refractivity contribution in [3.8, 4) is 11.5 Å². The molecule has 0 saturated carbocycles. The van der Waals surface area contributed by atoms with E-state index >= 15 is 0 Å². The Morgan fingerprint density at radius 1 is 1.16 bits per heavy atom. The van der Waals surface area contributed by atoms with E-state index in [-0.39, 0.29) is 5.75 Å². The second-order valence-electron chi connectivity index (χ2n) is 3.96. The minimum absolute atomic E-state index is 0.184. The SMILES string of the molecule is COc1ccc(C(N)c2ncccc2OC)cc1F. The first kappa shape index (κ1) is 13.3. The summed E-state index contributed by atoms with van der Waals surface area (Å²) < 4.78 is 23.8. The molecule has 0 aliphatic rings. The number of aromatic nitrogens is 1. The van der Waals surface area contributed by atoms with Gasteiger partial charge in [-0.05, 0) is 29.8 Å². The summed E-state index contributed by atoms with van der Waals surface area (Å²) in [5, 5.41) is 0. The molecular formula is C14H15FN2O2. The molecule has 2 aromatic rings.